The van der Waals surface area contributed by atoms with E-state index in [1.165, 1.54) is 29.5 Å². The number of benzene rings is 1. The topological polar surface area (TPSA) is 80.3 Å². The summed E-state index contributed by atoms with van der Waals surface area (Å²) in [4.78, 5) is 0.441. The Hall–Kier alpha value is -1.59. The molecule has 0 radical (unpaired) electrons. The van der Waals surface area contributed by atoms with Crippen LogP contribution in [0.15, 0.2) is 68.4 Å². The molecule has 5 nitrogen and oxygen atoms in total. The third-order valence-electron chi connectivity index (χ3n) is 3.60. The molecule has 0 aliphatic rings. The van der Waals surface area contributed by atoms with E-state index >= 15 is 0 Å². The molecule has 0 bridgehead atoms. The number of hydrogen-bond donors (Lipinski definition) is 1. The van der Waals surface area contributed by atoms with Gasteiger partial charge in [0.2, 0.25) is 10.0 Å². The molecule has 3 rings (SSSR count). The SMILES string of the molecule is O=S(=O)(NC[C@H](c1cccs1)S(=O)(=O)c1ccc(F)cc1)c1cccs1. The molecule has 0 saturated carbocycles. The molecule has 1 N–H and O–H groups in total. The van der Waals surface area contributed by atoms with E-state index in [1.807, 2.05) is 0 Å². The van der Waals surface area contributed by atoms with Gasteiger partial charge in [0.1, 0.15) is 15.3 Å². The van der Waals surface area contributed by atoms with Gasteiger partial charge in [0.05, 0.1) is 4.90 Å². The fourth-order valence-corrected chi connectivity index (χ4v) is 7.27. The highest BCUT2D eigenvalue weighted by atomic mass is 32.2. The van der Waals surface area contributed by atoms with Gasteiger partial charge < -0.3 is 0 Å². The smallest absolute Gasteiger partial charge is 0.223 e. The minimum atomic E-state index is -3.91. The first-order valence-electron chi connectivity index (χ1n) is 7.37. The molecule has 3 aromatic rings. The van der Waals surface area contributed by atoms with Crippen molar-refractivity contribution >= 4 is 42.5 Å². The largest absolute Gasteiger partial charge is 0.250 e. The van der Waals surface area contributed by atoms with Crippen LogP contribution in [0.5, 0.6) is 0 Å². The number of sulfonamides is 1. The van der Waals surface area contributed by atoms with E-state index in [4.69, 9.17) is 0 Å². The average molecular weight is 432 g/mol. The molecule has 0 fully saturated rings. The van der Waals surface area contributed by atoms with Crippen molar-refractivity contribution in [1.29, 1.82) is 0 Å². The molecule has 0 unspecified atom stereocenters. The van der Waals surface area contributed by atoms with Crippen molar-refractivity contribution in [3.63, 3.8) is 0 Å². The van der Waals surface area contributed by atoms with Gasteiger partial charge in [-0.15, -0.1) is 22.7 Å². The summed E-state index contributed by atoms with van der Waals surface area (Å²) in [5, 5.41) is 2.24. The van der Waals surface area contributed by atoms with E-state index in [0.717, 1.165) is 23.5 Å². The maximum atomic E-state index is 13.1. The van der Waals surface area contributed by atoms with Crippen LogP contribution in [0.2, 0.25) is 0 Å². The van der Waals surface area contributed by atoms with Gasteiger partial charge in [0.15, 0.2) is 9.84 Å². The Labute approximate surface area is 159 Å². The van der Waals surface area contributed by atoms with Crippen LogP contribution in [-0.4, -0.2) is 23.4 Å². The van der Waals surface area contributed by atoms with Crippen molar-refractivity contribution in [3.8, 4) is 0 Å². The average Bonchev–Trinajstić information content (AvgIpc) is 3.29. The quantitative estimate of drug-likeness (QED) is 0.581. The van der Waals surface area contributed by atoms with Gasteiger partial charge in [0.25, 0.3) is 0 Å². The molecule has 0 spiro atoms. The predicted molar refractivity (Wildman–Crippen MR) is 100 cm³/mol. The summed E-state index contributed by atoms with van der Waals surface area (Å²) in [5.74, 6) is -0.546. The number of thiophene rings is 2. The van der Waals surface area contributed by atoms with E-state index in [9.17, 15) is 21.2 Å². The predicted octanol–water partition coefficient (Wildman–Crippen LogP) is 3.44. The minimum absolute atomic E-state index is 0.0624. The van der Waals surface area contributed by atoms with E-state index in [0.29, 0.717) is 4.88 Å². The zero-order chi connectivity index (χ0) is 18.8. The molecule has 2 heterocycles. The Balaban J connectivity index is 1.93. The number of rotatable bonds is 7. The molecule has 138 valence electrons. The monoisotopic (exact) mass is 431 g/mol. The van der Waals surface area contributed by atoms with Crippen molar-refractivity contribution in [2.24, 2.45) is 0 Å². The molecular formula is C16H14FNO4S4. The van der Waals surface area contributed by atoms with Crippen LogP contribution in [0.1, 0.15) is 10.1 Å². The van der Waals surface area contributed by atoms with Crippen molar-refractivity contribution in [3.05, 3.63) is 70.0 Å². The number of nitrogens with one attached hydrogen (secondary N) is 1. The lowest BCUT2D eigenvalue weighted by Crippen LogP contribution is -2.31. The third kappa shape index (κ3) is 4.04. The first kappa shape index (κ1) is 19.2. The highest BCUT2D eigenvalue weighted by Crippen LogP contribution is 2.32. The fraction of sp³-hybridized carbons (Fsp3) is 0.125. The highest BCUT2D eigenvalue weighted by Gasteiger charge is 2.31. The van der Waals surface area contributed by atoms with Gasteiger partial charge in [-0.25, -0.2) is 25.9 Å². The van der Waals surface area contributed by atoms with Crippen LogP contribution in [0, 0.1) is 5.82 Å². The molecule has 2 aromatic heterocycles. The highest BCUT2D eigenvalue weighted by molar-refractivity contribution is 7.92. The molecule has 0 amide bonds. The Morgan fingerprint density at radius 1 is 0.923 bits per heavy atom. The van der Waals surface area contributed by atoms with E-state index in [1.54, 1.807) is 29.0 Å². The standard InChI is InChI=1S/C16H14FNO4S4/c17-12-5-7-13(8-6-12)25(19,20)15(14-3-1-9-23-14)11-18-26(21,22)16-4-2-10-24-16/h1-10,15,18H,11H2/t15-/m1/s1. The molecule has 26 heavy (non-hydrogen) atoms. The number of sulfone groups is 1. The lowest BCUT2D eigenvalue weighted by atomic mass is 10.3. The third-order valence-corrected chi connectivity index (χ3v) is 9.65. The van der Waals surface area contributed by atoms with E-state index < -0.39 is 30.9 Å². The van der Waals surface area contributed by atoms with Crippen LogP contribution in [0.25, 0.3) is 0 Å². The van der Waals surface area contributed by atoms with Gasteiger partial charge in [0, 0.05) is 11.4 Å². The first-order valence-corrected chi connectivity index (χ1v) is 12.2. The summed E-state index contributed by atoms with van der Waals surface area (Å²) < 4.78 is 66.3. The Bertz CT molecular complexity index is 1060. The first-order chi connectivity index (χ1) is 12.3. The lowest BCUT2D eigenvalue weighted by Gasteiger charge is -2.17. The van der Waals surface area contributed by atoms with Gasteiger partial charge in [-0.2, -0.15) is 0 Å². The van der Waals surface area contributed by atoms with Crippen molar-refractivity contribution in [2.45, 2.75) is 14.4 Å². The number of halogens is 1. The summed E-state index contributed by atoms with van der Waals surface area (Å²) in [6, 6.07) is 10.9. The van der Waals surface area contributed by atoms with Crippen molar-refractivity contribution < 1.29 is 21.2 Å². The zero-order valence-electron chi connectivity index (χ0n) is 13.2. The van der Waals surface area contributed by atoms with Crippen LogP contribution in [0.4, 0.5) is 4.39 Å². The molecular weight excluding hydrogens is 417 g/mol. The molecule has 0 aliphatic heterocycles. The van der Waals surface area contributed by atoms with Gasteiger partial charge in [-0.05, 0) is 47.2 Å². The minimum Gasteiger partial charge on any atom is -0.223 e. The van der Waals surface area contributed by atoms with Crippen molar-refractivity contribution in [2.75, 3.05) is 6.54 Å². The summed E-state index contributed by atoms with van der Waals surface area (Å²) in [7, 11) is -7.72. The normalized spacial score (nSPS) is 13.6. The molecule has 0 saturated heterocycles. The van der Waals surface area contributed by atoms with E-state index in [-0.39, 0.29) is 15.6 Å². The Morgan fingerprint density at radius 2 is 1.58 bits per heavy atom. The molecule has 0 aliphatic carbocycles. The van der Waals surface area contributed by atoms with Crippen LogP contribution in [0.3, 0.4) is 0 Å². The van der Waals surface area contributed by atoms with E-state index in [2.05, 4.69) is 4.72 Å². The second kappa shape index (κ2) is 7.57. The molecule has 1 atom stereocenters. The Kier molecular flexibility index (Phi) is 5.58. The summed E-state index contributed by atoms with van der Waals surface area (Å²) in [6.45, 7) is -0.319. The van der Waals surface area contributed by atoms with Gasteiger partial charge in [-0.1, -0.05) is 12.1 Å². The maximum Gasteiger partial charge on any atom is 0.250 e. The lowest BCUT2D eigenvalue weighted by molar-refractivity contribution is 0.570. The van der Waals surface area contributed by atoms with Crippen molar-refractivity contribution in [1.82, 2.24) is 4.72 Å². The van der Waals surface area contributed by atoms with Gasteiger partial charge in [-0.3, -0.25) is 0 Å². The summed E-state index contributed by atoms with van der Waals surface area (Å²) in [5.41, 5.74) is 0. The van der Waals surface area contributed by atoms with Crippen LogP contribution < -0.4 is 4.72 Å². The summed E-state index contributed by atoms with van der Waals surface area (Å²) >= 11 is 2.26. The van der Waals surface area contributed by atoms with Crippen LogP contribution in [-0.2, 0) is 19.9 Å². The maximum absolute atomic E-state index is 13.1. The summed E-state index contributed by atoms with van der Waals surface area (Å²) in [6.07, 6.45) is 0. The number of hydrogen-bond acceptors (Lipinski definition) is 6. The second-order valence-corrected chi connectivity index (χ2v) is 11.3. The molecule has 1 aromatic carbocycles. The Morgan fingerprint density at radius 3 is 2.15 bits per heavy atom. The zero-order valence-corrected chi connectivity index (χ0v) is 16.5. The second-order valence-electron chi connectivity index (χ2n) is 5.29. The van der Waals surface area contributed by atoms with Gasteiger partial charge >= 0.3 is 0 Å². The fourth-order valence-electron chi connectivity index (χ4n) is 2.30. The molecule has 10 heteroatoms. The van der Waals surface area contributed by atoms with Crippen LogP contribution >= 0.6 is 22.7 Å².